The zero-order chi connectivity index (χ0) is 12.0. The highest BCUT2D eigenvalue weighted by molar-refractivity contribution is 5.41. The van der Waals surface area contributed by atoms with Gasteiger partial charge in [-0.1, -0.05) is 12.2 Å². The summed E-state index contributed by atoms with van der Waals surface area (Å²) >= 11 is 0. The van der Waals surface area contributed by atoms with Crippen LogP contribution >= 0.6 is 0 Å². The van der Waals surface area contributed by atoms with Gasteiger partial charge in [0.05, 0.1) is 6.54 Å². The second kappa shape index (κ2) is 5.66. The molecule has 86 valence electrons. The van der Waals surface area contributed by atoms with Crippen molar-refractivity contribution in [2.75, 3.05) is 29.1 Å². The summed E-state index contributed by atoms with van der Waals surface area (Å²) in [5.41, 5.74) is 5.53. The minimum absolute atomic E-state index is 0.107. The first-order chi connectivity index (χ1) is 7.67. The van der Waals surface area contributed by atoms with Gasteiger partial charge in [-0.2, -0.15) is 15.0 Å². The van der Waals surface area contributed by atoms with Crippen LogP contribution in [0.15, 0.2) is 25.3 Å². The molecule has 0 unspecified atom stereocenters. The third-order valence-electron chi connectivity index (χ3n) is 1.63. The van der Waals surface area contributed by atoms with E-state index in [1.807, 2.05) is 0 Å². The summed E-state index contributed by atoms with van der Waals surface area (Å²) in [4.78, 5) is 11.9. The lowest BCUT2D eigenvalue weighted by Gasteiger charge is -2.14. The number of hydrazine groups is 1. The van der Waals surface area contributed by atoms with Gasteiger partial charge in [-0.05, 0) is 0 Å². The van der Waals surface area contributed by atoms with Gasteiger partial charge in [0.25, 0.3) is 0 Å². The summed E-state index contributed by atoms with van der Waals surface area (Å²) in [5.74, 6) is 6.44. The Morgan fingerprint density at radius 3 is 2.62 bits per heavy atom. The van der Waals surface area contributed by atoms with E-state index >= 15 is 0 Å². The lowest BCUT2D eigenvalue weighted by Crippen LogP contribution is -2.33. The van der Waals surface area contributed by atoms with Crippen molar-refractivity contribution in [2.45, 2.75) is 0 Å². The van der Waals surface area contributed by atoms with Gasteiger partial charge in [0.15, 0.2) is 0 Å². The molecule has 7 nitrogen and oxygen atoms in total. The standard InChI is InChI=1S/C9H15N7/c1-3-5-12-8-13-7(10)14-9(15-8)16(11)6-4-2/h3-4H,1-2,5-6,11H2,(H3,10,12,13,14,15). The fraction of sp³-hybridized carbons (Fsp3) is 0.222. The normalized spacial score (nSPS) is 9.56. The highest BCUT2D eigenvalue weighted by atomic mass is 15.5. The highest BCUT2D eigenvalue weighted by Gasteiger charge is 2.07. The molecule has 0 amide bonds. The van der Waals surface area contributed by atoms with Crippen molar-refractivity contribution in [2.24, 2.45) is 5.84 Å². The molecule has 0 aromatic carbocycles. The van der Waals surface area contributed by atoms with Crippen LogP contribution in [0, 0.1) is 0 Å². The Kier molecular flexibility index (Phi) is 4.22. The molecule has 0 bridgehead atoms. The summed E-state index contributed by atoms with van der Waals surface area (Å²) in [6.45, 7) is 8.10. The summed E-state index contributed by atoms with van der Waals surface area (Å²) in [6.07, 6.45) is 3.32. The van der Waals surface area contributed by atoms with Crippen LogP contribution in [0.4, 0.5) is 17.8 Å². The summed E-state index contributed by atoms with van der Waals surface area (Å²) in [5, 5.41) is 4.23. The molecule has 0 aliphatic rings. The van der Waals surface area contributed by atoms with E-state index < -0.39 is 0 Å². The summed E-state index contributed by atoms with van der Waals surface area (Å²) in [7, 11) is 0. The lowest BCUT2D eigenvalue weighted by molar-refractivity contribution is 0.864. The predicted octanol–water partition coefficient (Wildman–Crippen LogP) is -0.0822. The van der Waals surface area contributed by atoms with E-state index in [1.54, 1.807) is 12.2 Å². The SMILES string of the molecule is C=CCNc1nc(N)nc(N(N)CC=C)n1. The van der Waals surface area contributed by atoms with Gasteiger partial charge in [0.1, 0.15) is 0 Å². The zero-order valence-electron chi connectivity index (χ0n) is 8.93. The number of nitrogens with two attached hydrogens (primary N) is 2. The number of hydrogen-bond acceptors (Lipinski definition) is 7. The first-order valence-electron chi connectivity index (χ1n) is 4.66. The van der Waals surface area contributed by atoms with E-state index in [4.69, 9.17) is 11.6 Å². The number of hydrogen-bond donors (Lipinski definition) is 3. The third kappa shape index (κ3) is 3.21. The van der Waals surface area contributed by atoms with Crippen molar-refractivity contribution in [1.82, 2.24) is 15.0 Å². The minimum Gasteiger partial charge on any atom is -0.368 e. The van der Waals surface area contributed by atoms with Gasteiger partial charge in [-0.25, -0.2) is 5.84 Å². The Bertz CT molecular complexity index is 376. The van der Waals surface area contributed by atoms with Crippen LogP contribution in [0.3, 0.4) is 0 Å². The van der Waals surface area contributed by atoms with Crippen molar-refractivity contribution in [3.63, 3.8) is 0 Å². The minimum atomic E-state index is 0.107. The molecule has 7 heteroatoms. The third-order valence-corrected chi connectivity index (χ3v) is 1.63. The van der Waals surface area contributed by atoms with Crippen molar-refractivity contribution < 1.29 is 0 Å². The Hall–Kier alpha value is -2.15. The van der Waals surface area contributed by atoms with Gasteiger partial charge in [-0.15, -0.1) is 13.2 Å². The Balaban J connectivity index is 2.88. The van der Waals surface area contributed by atoms with Gasteiger partial charge in [0, 0.05) is 6.54 Å². The Morgan fingerprint density at radius 2 is 2.00 bits per heavy atom. The Labute approximate surface area is 93.9 Å². The van der Waals surface area contributed by atoms with E-state index in [0.717, 1.165) is 0 Å². The molecule has 0 aliphatic carbocycles. The number of nitrogen functional groups attached to an aromatic ring is 1. The van der Waals surface area contributed by atoms with Gasteiger partial charge < -0.3 is 11.1 Å². The van der Waals surface area contributed by atoms with Gasteiger partial charge in [0.2, 0.25) is 17.8 Å². The number of nitrogens with one attached hydrogen (secondary N) is 1. The second-order valence-corrected chi connectivity index (χ2v) is 2.93. The smallest absolute Gasteiger partial charge is 0.246 e. The maximum atomic E-state index is 5.68. The monoisotopic (exact) mass is 221 g/mol. The average molecular weight is 221 g/mol. The quantitative estimate of drug-likeness (QED) is 0.350. The van der Waals surface area contributed by atoms with E-state index in [2.05, 4.69) is 33.4 Å². The maximum absolute atomic E-state index is 5.68. The molecule has 0 radical (unpaired) electrons. The predicted molar refractivity (Wildman–Crippen MR) is 64.7 cm³/mol. The van der Waals surface area contributed by atoms with Crippen LogP contribution in [0.25, 0.3) is 0 Å². The number of anilines is 3. The molecule has 5 N–H and O–H groups in total. The van der Waals surface area contributed by atoms with Crippen LogP contribution in [-0.2, 0) is 0 Å². The molecule has 1 aromatic rings. The number of nitrogens with zero attached hydrogens (tertiary/aromatic N) is 4. The molecule has 1 heterocycles. The van der Waals surface area contributed by atoms with E-state index in [9.17, 15) is 0 Å². The van der Waals surface area contributed by atoms with Crippen LogP contribution in [0.2, 0.25) is 0 Å². The molecular formula is C9H15N7. The fourth-order valence-electron chi connectivity index (χ4n) is 0.972. The van der Waals surface area contributed by atoms with Crippen LogP contribution in [-0.4, -0.2) is 28.0 Å². The molecule has 16 heavy (non-hydrogen) atoms. The Morgan fingerprint density at radius 1 is 1.25 bits per heavy atom. The molecule has 0 spiro atoms. The fourth-order valence-corrected chi connectivity index (χ4v) is 0.972. The first-order valence-corrected chi connectivity index (χ1v) is 4.66. The van der Waals surface area contributed by atoms with Crippen LogP contribution in [0.5, 0.6) is 0 Å². The molecule has 0 aliphatic heterocycles. The first kappa shape index (κ1) is 11.9. The maximum Gasteiger partial charge on any atom is 0.246 e. The van der Waals surface area contributed by atoms with Crippen LogP contribution < -0.4 is 21.9 Å². The second-order valence-electron chi connectivity index (χ2n) is 2.93. The van der Waals surface area contributed by atoms with E-state index in [0.29, 0.717) is 25.0 Å². The molecular weight excluding hydrogens is 206 g/mol. The van der Waals surface area contributed by atoms with Crippen molar-refractivity contribution in [1.29, 1.82) is 0 Å². The summed E-state index contributed by atoms with van der Waals surface area (Å²) in [6, 6.07) is 0. The molecule has 0 saturated carbocycles. The summed E-state index contributed by atoms with van der Waals surface area (Å²) < 4.78 is 0. The van der Waals surface area contributed by atoms with Crippen molar-refractivity contribution >= 4 is 17.8 Å². The average Bonchev–Trinajstić information content (AvgIpc) is 2.26. The molecule has 1 rings (SSSR count). The molecule has 0 fully saturated rings. The van der Waals surface area contributed by atoms with Crippen molar-refractivity contribution in [3.8, 4) is 0 Å². The molecule has 0 atom stereocenters. The van der Waals surface area contributed by atoms with E-state index in [-0.39, 0.29) is 5.95 Å². The van der Waals surface area contributed by atoms with Gasteiger partial charge >= 0.3 is 0 Å². The number of aromatic nitrogens is 3. The van der Waals surface area contributed by atoms with E-state index in [1.165, 1.54) is 5.01 Å². The largest absolute Gasteiger partial charge is 0.368 e. The van der Waals surface area contributed by atoms with Crippen molar-refractivity contribution in [3.05, 3.63) is 25.3 Å². The molecule has 1 aromatic heterocycles. The lowest BCUT2D eigenvalue weighted by atomic mass is 10.6. The number of rotatable bonds is 6. The molecule has 0 saturated heterocycles. The topological polar surface area (TPSA) is 106 Å². The van der Waals surface area contributed by atoms with Crippen LogP contribution in [0.1, 0.15) is 0 Å². The van der Waals surface area contributed by atoms with Gasteiger partial charge in [-0.3, -0.25) is 5.01 Å². The highest BCUT2D eigenvalue weighted by Crippen LogP contribution is 2.08. The zero-order valence-corrected chi connectivity index (χ0v) is 8.93.